The third-order valence-electron chi connectivity index (χ3n) is 5.54. The number of carbonyl (C=O) groups excluding carboxylic acids is 3. The number of hydrogen-bond acceptors (Lipinski definition) is 9. The second-order valence-electron chi connectivity index (χ2n) is 7.94. The summed E-state index contributed by atoms with van der Waals surface area (Å²) in [6.07, 6.45) is 1.20. The van der Waals surface area contributed by atoms with Crippen LogP contribution < -0.4 is 15.2 Å². The van der Waals surface area contributed by atoms with E-state index in [1.807, 2.05) is 4.90 Å². The zero-order valence-electron chi connectivity index (χ0n) is 18.2. The van der Waals surface area contributed by atoms with Crippen molar-refractivity contribution < 1.29 is 23.5 Å². The van der Waals surface area contributed by atoms with Crippen LogP contribution >= 0.6 is 0 Å². The average Bonchev–Trinajstić information content (AvgIpc) is 3.35. The van der Waals surface area contributed by atoms with Gasteiger partial charge in [-0.2, -0.15) is 0 Å². The lowest BCUT2D eigenvalue weighted by molar-refractivity contribution is -0.134. The Bertz CT molecular complexity index is 1020. The number of amides is 2. The van der Waals surface area contributed by atoms with Crippen molar-refractivity contribution in [1.82, 2.24) is 30.6 Å². The second kappa shape index (κ2) is 9.90. The molecule has 2 aromatic rings. The number of benzene rings is 1. The number of aromatic nitrogens is 4. The van der Waals surface area contributed by atoms with E-state index >= 15 is 4.39 Å². The molecule has 0 unspecified atom stereocenters. The van der Waals surface area contributed by atoms with Crippen LogP contribution in [0.4, 0.5) is 20.6 Å². The Hall–Kier alpha value is -3.61. The van der Waals surface area contributed by atoms with Crippen LogP contribution in [0.1, 0.15) is 19.8 Å². The Balaban J connectivity index is 1.37. The van der Waals surface area contributed by atoms with Crippen LogP contribution in [0.5, 0.6) is 0 Å². The Morgan fingerprint density at radius 2 is 2.12 bits per heavy atom. The summed E-state index contributed by atoms with van der Waals surface area (Å²) >= 11 is 0. The number of halogens is 1. The van der Waals surface area contributed by atoms with Crippen LogP contribution in [0, 0.1) is 5.82 Å². The Morgan fingerprint density at radius 3 is 2.85 bits per heavy atom. The molecular formula is C20H25FN8O4. The molecule has 13 heteroatoms. The topological polar surface area (TPSA) is 126 Å². The quantitative estimate of drug-likeness (QED) is 0.623. The molecule has 176 valence electrons. The monoisotopic (exact) mass is 460 g/mol. The van der Waals surface area contributed by atoms with Gasteiger partial charge in [-0.1, -0.05) is 0 Å². The molecule has 12 nitrogen and oxygen atoms in total. The molecule has 2 aliphatic rings. The lowest BCUT2D eigenvalue weighted by Crippen LogP contribution is -2.45. The van der Waals surface area contributed by atoms with Crippen molar-refractivity contribution >= 4 is 29.2 Å². The fraction of sp³-hybridized carbons (Fsp3) is 0.500. The number of hydrazine groups is 1. The summed E-state index contributed by atoms with van der Waals surface area (Å²) in [5, 5.41) is 12.2. The molecule has 0 bridgehead atoms. The zero-order valence-corrected chi connectivity index (χ0v) is 18.2. The number of carbonyl (C=O) groups is 3. The van der Waals surface area contributed by atoms with Gasteiger partial charge in [0.25, 0.3) is 5.91 Å². The molecule has 2 fully saturated rings. The number of nitrogens with one attached hydrogen (secondary N) is 1. The largest absolute Gasteiger partial charge is 0.444 e. The van der Waals surface area contributed by atoms with Gasteiger partial charge in [0.1, 0.15) is 30.6 Å². The van der Waals surface area contributed by atoms with E-state index in [1.165, 1.54) is 33.9 Å². The summed E-state index contributed by atoms with van der Waals surface area (Å²) in [5.41, 5.74) is 3.83. The van der Waals surface area contributed by atoms with E-state index in [-0.39, 0.29) is 24.8 Å². The van der Waals surface area contributed by atoms with Gasteiger partial charge in [0.05, 0.1) is 24.5 Å². The summed E-state index contributed by atoms with van der Waals surface area (Å²) in [4.78, 5) is 39.1. The number of ether oxygens (including phenoxy) is 1. The maximum Gasteiger partial charge on any atom is 0.414 e. The summed E-state index contributed by atoms with van der Waals surface area (Å²) in [6.45, 7) is 3.47. The van der Waals surface area contributed by atoms with E-state index in [4.69, 9.17) is 4.74 Å². The molecule has 4 rings (SSSR count). The Kier molecular flexibility index (Phi) is 6.77. The van der Waals surface area contributed by atoms with Crippen LogP contribution in [-0.4, -0.2) is 81.8 Å². The highest BCUT2D eigenvalue weighted by Gasteiger charge is 2.33. The molecule has 1 aromatic heterocycles. The number of rotatable bonds is 7. The second-order valence-corrected chi connectivity index (χ2v) is 7.94. The van der Waals surface area contributed by atoms with E-state index in [0.29, 0.717) is 50.4 Å². The molecule has 33 heavy (non-hydrogen) atoms. The number of Topliss-reactive ketones (excluding diaryl/α,β-unsaturated/α-hetero) is 1. The first kappa shape index (κ1) is 22.6. The van der Waals surface area contributed by atoms with Crippen molar-refractivity contribution in [3.8, 4) is 0 Å². The van der Waals surface area contributed by atoms with E-state index < -0.39 is 18.0 Å². The minimum absolute atomic E-state index is 0.00238. The fourth-order valence-corrected chi connectivity index (χ4v) is 3.83. The molecule has 1 atom stereocenters. The highest BCUT2D eigenvalue weighted by atomic mass is 19.1. The van der Waals surface area contributed by atoms with Gasteiger partial charge in [-0.05, 0) is 42.0 Å². The summed E-state index contributed by atoms with van der Waals surface area (Å²) < 4.78 is 21.6. The van der Waals surface area contributed by atoms with Crippen molar-refractivity contribution in [2.45, 2.75) is 32.4 Å². The highest BCUT2D eigenvalue weighted by molar-refractivity contribution is 5.90. The fourth-order valence-electron chi connectivity index (χ4n) is 3.83. The summed E-state index contributed by atoms with van der Waals surface area (Å²) in [7, 11) is 0. The predicted molar refractivity (Wildman–Crippen MR) is 114 cm³/mol. The highest BCUT2D eigenvalue weighted by Crippen LogP contribution is 2.29. The first-order valence-electron chi connectivity index (χ1n) is 10.7. The van der Waals surface area contributed by atoms with Gasteiger partial charge in [0.15, 0.2) is 0 Å². The first-order chi connectivity index (χ1) is 15.9. The van der Waals surface area contributed by atoms with Crippen molar-refractivity contribution in [1.29, 1.82) is 0 Å². The van der Waals surface area contributed by atoms with Crippen molar-refractivity contribution in [2.24, 2.45) is 0 Å². The van der Waals surface area contributed by atoms with E-state index in [9.17, 15) is 14.4 Å². The molecule has 0 spiro atoms. The zero-order chi connectivity index (χ0) is 23.4. The van der Waals surface area contributed by atoms with Crippen molar-refractivity contribution in [3.05, 3.63) is 30.3 Å². The number of tetrazole rings is 1. The number of ketones is 1. The molecule has 1 aromatic carbocycles. The van der Waals surface area contributed by atoms with Gasteiger partial charge in [0.2, 0.25) is 0 Å². The lowest BCUT2D eigenvalue weighted by atomic mass is 10.1. The van der Waals surface area contributed by atoms with E-state index in [1.54, 1.807) is 12.1 Å². The first-order valence-corrected chi connectivity index (χ1v) is 10.7. The van der Waals surface area contributed by atoms with Gasteiger partial charge in [0, 0.05) is 26.1 Å². The molecule has 3 heterocycles. The van der Waals surface area contributed by atoms with Gasteiger partial charge >= 0.3 is 6.09 Å². The number of anilines is 2. The van der Waals surface area contributed by atoms with Gasteiger partial charge in [-0.3, -0.25) is 14.7 Å². The lowest BCUT2D eigenvalue weighted by Gasteiger charge is -2.24. The third kappa shape index (κ3) is 5.42. The summed E-state index contributed by atoms with van der Waals surface area (Å²) in [6, 6.07) is 4.61. The SMILES string of the molecule is CC(=O)CC[C@H]1CN(c2ccc(N3CCNN(C(=O)Cn4cnnn4)CC3)c(F)c2)C(=O)O1. The van der Waals surface area contributed by atoms with Gasteiger partial charge < -0.3 is 14.4 Å². The average molecular weight is 460 g/mol. The van der Waals surface area contributed by atoms with Crippen LogP contribution in [0.3, 0.4) is 0 Å². The predicted octanol–water partition coefficient (Wildman–Crippen LogP) is 0.360. The molecule has 2 aliphatic heterocycles. The van der Waals surface area contributed by atoms with Crippen LogP contribution in [-0.2, 0) is 20.9 Å². The molecule has 0 radical (unpaired) electrons. The molecule has 2 amide bonds. The van der Waals surface area contributed by atoms with Crippen LogP contribution in [0.15, 0.2) is 24.5 Å². The van der Waals surface area contributed by atoms with Crippen molar-refractivity contribution in [2.75, 3.05) is 42.5 Å². The normalized spacial score (nSPS) is 18.9. The minimum atomic E-state index is -0.550. The molecule has 1 N–H and O–H groups in total. The van der Waals surface area contributed by atoms with Gasteiger partial charge in [-0.25, -0.2) is 19.3 Å². The smallest absolute Gasteiger partial charge is 0.414 e. The maximum absolute atomic E-state index is 15.0. The number of nitrogens with zero attached hydrogens (tertiary/aromatic N) is 7. The van der Waals surface area contributed by atoms with Gasteiger partial charge in [-0.15, -0.1) is 5.10 Å². The van der Waals surface area contributed by atoms with E-state index in [0.717, 1.165) is 0 Å². The maximum atomic E-state index is 15.0. The third-order valence-corrected chi connectivity index (χ3v) is 5.54. The van der Waals surface area contributed by atoms with E-state index in [2.05, 4.69) is 21.0 Å². The minimum Gasteiger partial charge on any atom is -0.444 e. The van der Waals surface area contributed by atoms with Crippen molar-refractivity contribution in [3.63, 3.8) is 0 Å². The Morgan fingerprint density at radius 1 is 1.27 bits per heavy atom. The van der Waals surface area contributed by atoms with Crippen LogP contribution in [0.25, 0.3) is 0 Å². The molecule has 2 saturated heterocycles. The standard InChI is InChI=1S/C20H25FN8O4/c1-14(30)2-4-16-11-28(20(32)33-16)15-3-5-18(17(21)10-15)26-7-6-23-29(9-8-26)19(31)12-27-13-22-24-25-27/h3,5,10,13,16,23H,2,4,6-9,11-12H2,1H3/t16-/m0/s1. The Labute approximate surface area is 189 Å². The molecular weight excluding hydrogens is 435 g/mol. The van der Waals surface area contributed by atoms with Crippen LogP contribution in [0.2, 0.25) is 0 Å². The number of cyclic esters (lactones) is 1. The number of hydrogen-bond donors (Lipinski definition) is 1. The molecule has 0 aliphatic carbocycles. The molecule has 0 saturated carbocycles. The summed E-state index contributed by atoms with van der Waals surface area (Å²) in [5.74, 6) is -0.643.